The van der Waals surface area contributed by atoms with Gasteiger partial charge in [-0.3, -0.25) is 4.79 Å². The highest BCUT2D eigenvalue weighted by atomic mass is 32.1. The zero-order valence-electron chi connectivity index (χ0n) is 8.36. The maximum Gasteiger partial charge on any atom is 0.172 e. The Morgan fingerprint density at radius 1 is 1.47 bits per heavy atom. The van der Waals surface area contributed by atoms with Gasteiger partial charge in [0, 0.05) is 15.8 Å². The normalized spacial score (nSPS) is 10.7. The van der Waals surface area contributed by atoms with Gasteiger partial charge in [0.1, 0.15) is 0 Å². The number of unbranched alkanes of at least 4 members (excludes halogenated alkanes) is 1. The van der Waals surface area contributed by atoms with E-state index in [1.54, 1.807) is 22.7 Å². The van der Waals surface area contributed by atoms with Crippen molar-refractivity contribution in [1.29, 1.82) is 0 Å². The Morgan fingerprint density at radius 3 is 3.07 bits per heavy atom. The summed E-state index contributed by atoms with van der Waals surface area (Å²) < 4.78 is 2.46. The fourth-order valence-corrected chi connectivity index (χ4v) is 3.51. The smallest absolute Gasteiger partial charge is 0.172 e. The van der Waals surface area contributed by atoms with Crippen LogP contribution in [0.5, 0.6) is 0 Å². The predicted molar refractivity (Wildman–Crippen MR) is 68.1 cm³/mol. The number of Topliss-reactive ketones (excluding diaryl/α,β-unsaturated/α-hetero) is 1. The number of ketones is 1. The third-order valence-corrected chi connectivity index (χ3v) is 4.36. The van der Waals surface area contributed by atoms with Gasteiger partial charge in [0.25, 0.3) is 0 Å². The number of hydrogen-bond acceptors (Lipinski definition) is 3. The maximum absolute atomic E-state index is 11.8. The number of carbonyl (C=O) groups is 1. The van der Waals surface area contributed by atoms with Crippen LogP contribution in [0.15, 0.2) is 30.2 Å². The van der Waals surface area contributed by atoms with E-state index in [2.05, 4.69) is 18.0 Å². The average Bonchev–Trinajstić information content (AvgIpc) is 2.76. The monoisotopic (exact) mass is 236 g/mol. The molecule has 0 fully saturated rings. The molecular formula is C12H12OS2. The van der Waals surface area contributed by atoms with E-state index in [4.69, 9.17) is 0 Å². The van der Waals surface area contributed by atoms with E-state index in [9.17, 15) is 4.79 Å². The average molecular weight is 236 g/mol. The molecule has 0 atom stereocenters. The second kappa shape index (κ2) is 4.73. The molecule has 0 aromatic carbocycles. The molecule has 0 unspecified atom stereocenters. The zero-order chi connectivity index (χ0) is 10.7. The fourth-order valence-electron chi connectivity index (χ4n) is 1.43. The Morgan fingerprint density at radius 2 is 2.33 bits per heavy atom. The van der Waals surface area contributed by atoms with Crippen molar-refractivity contribution >= 4 is 37.9 Å². The first-order chi connectivity index (χ1) is 7.31. The highest BCUT2D eigenvalue weighted by Crippen LogP contribution is 2.30. The summed E-state index contributed by atoms with van der Waals surface area (Å²) in [5, 5.41) is 2.06. The van der Waals surface area contributed by atoms with E-state index in [0.29, 0.717) is 6.42 Å². The highest BCUT2D eigenvalue weighted by Gasteiger charge is 2.10. The molecule has 0 aliphatic heterocycles. The van der Waals surface area contributed by atoms with Crippen molar-refractivity contribution in [3.05, 3.63) is 35.0 Å². The largest absolute Gasteiger partial charge is 0.293 e. The standard InChI is InChI=1S/C12H12OS2/c1-2-3-4-5-9(13)11-8-12-10(15-11)6-7-14-12/h2,6-8H,1,3-5H2. The van der Waals surface area contributed by atoms with Crippen molar-refractivity contribution in [2.24, 2.45) is 0 Å². The Labute approximate surface area is 97.1 Å². The molecule has 0 bridgehead atoms. The van der Waals surface area contributed by atoms with Gasteiger partial charge < -0.3 is 0 Å². The summed E-state index contributed by atoms with van der Waals surface area (Å²) in [6.45, 7) is 3.65. The van der Waals surface area contributed by atoms with Crippen LogP contribution in [0, 0.1) is 0 Å². The van der Waals surface area contributed by atoms with Gasteiger partial charge in [-0.05, 0) is 30.4 Å². The molecule has 2 heterocycles. The van der Waals surface area contributed by atoms with Gasteiger partial charge in [0.2, 0.25) is 0 Å². The van der Waals surface area contributed by atoms with Crippen molar-refractivity contribution in [3.8, 4) is 0 Å². The molecule has 0 spiro atoms. The fraction of sp³-hybridized carbons (Fsp3) is 0.250. The predicted octanol–water partition coefficient (Wildman–Crippen LogP) is 4.50. The summed E-state index contributed by atoms with van der Waals surface area (Å²) in [6.07, 6.45) is 4.33. The first kappa shape index (κ1) is 10.6. The molecule has 78 valence electrons. The van der Waals surface area contributed by atoms with Crippen LogP contribution in [0.4, 0.5) is 0 Å². The molecule has 0 radical (unpaired) electrons. The molecule has 15 heavy (non-hydrogen) atoms. The lowest BCUT2D eigenvalue weighted by Crippen LogP contribution is -1.94. The summed E-state index contributed by atoms with van der Waals surface area (Å²) in [6, 6.07) is 4.09. The minimum atomic E-state index is 0.269. The zero-order valence-corrected chi connectivity index (χ0v) is 10.00. The van der Waals surface area contributed by atoms with Crippen LogP contribution in [-0.2, 0) is 0 Å². The third kappa shape index (κ3) is 2.36. The minimum Gasteiger partial charge on any atom is -0.293 e. The van der Waals surface area contributed by atoms with Gasteiger partial charge in [-0.2, -0.15) is 0 Å². The first-order valence-corrected chi connectivity index (χ1v) is 6.62. The molecule has 2 aromatic rings. The quantitative estimate of drug-likeness (QED) is 0.424. The minimum absolute atomic E-state index is 0.269. The van der Waals surface area contributed by atoms with E-state index in [0.717, 1.165) is 17.7 Å². The summed E-state index contributed by atoms with van der Waals surface area (Å²) in [5.41, 5.74) is 0. The Balaban J connectivity index is 2.06. The van der Waals surface area contributed by atoms with Gasteiger partial charge in [-0.15, -0.1) is 29.3 Å². The van der Waals surface area contributed by atoms with Crippen molar-refractivity contribution in [1.82, 2.24) is 0 Å². The van der Waals surface area contributed by atoms with Crippen molar-refractivity contribution < 1.29 is 4.79 Å². The van der Waals surface area contributed by atoms with Crippen LogP contribution in [0.25, 0.3) is 9.40 Å². The molecule has 2 aromatic heterocycles. The summed E-state index contributed by atoms with van der Waals surface area (Å²) in [4.78, 5) is 12.7. The van der Waals surface area contributed by atoms with Crippen molar-refractivity contribution in [2.45, 2.75) is 19.3 Å². The van der Waals surface area contributed by atoms with E-state index in [1.165, 1.54) is 9.40 Å². The van der Waals surface area contributed by atoms with Crippen LogP contribution < -0.4 is 0 Å². The maximum atomic E-state index is 11.8. The van der Waals surface area contributed by atoms with Gasteiger partial charge in [-0.25, -0.2) is 0 Å². The molecule has 0 saturated carbocycles. The molecular weight excluding hydrogens is 224 g/mol. The first-order valence-electron chi connectivity index (χ1n) is 4.92. The molecule has 1 nitrogen and oxygen atoms in total. The number of carbonyl (C=O) groups excluding carboxylic acids is 1. The topological polar surface area (TPSA) is 17.1 Å². The second-order valence-electron chi connectivity index (χ2n) is 3.36. The van der Waals surface area contributed by atoms with Crippen LogP contribution in [0.2, 0.25) is 0 Å². The summed E-state index contributed by atoms with van der Waals surface area (Å²) >= 11 is 3.30. The van der Waals surface area contributed by atoms with E-state index >= 15 is 0 Å². The van der Waals surface area contributed by atoms with E-state index in [1.807, 2.05) is 12.1 Å². The SMILES string of the molecule is C=CCCCC(=O)c1cc2sccc2s1. The molecule has 2 rings (SSSR count). The number of rotatable bonds is 5. The van der Waals surface area contributed by atoms with Crippen molar-refractivity contribution in [2.75, 3.05) is 0 Å². The molecule has 0 N–H and O–H groups in total. The lowest BCUT2D eigenvalue weighted by molar-refractivity contribution is 0.0984. The van der Waals surface area contributed by atoms with Gasteiger partial charge in [0.15, 0.2) is 5.78 Å². The third-order valence-electron chi connectivity index (χ3n) is 2.23. The molecule has 0 aliphatic carbocycles. The summed E-state index contributed by atoms with van der Waals surface area (Å²) in [5.74, 6) is 0.269. The van der Waals surface area contributed by atoms with Crippen LogP contribution in [0.1, 0.15) is 28.9 Å². The lowest BCUT2D eigenvalue weighted by atomic mass is 10.1. The number of thiophene rings is 2. The second-order valence-corrected chi connectivity index (χ2v) is 5.40. The number of allylic oxidation sites excluding steroid dienone is 1. The van der Waals surface area contributed by atoms with Crippen LogP contribution >= 0.6 is 22.7 Å². The van der Waals surface area contributed by atoms with E-state index < -0.39 is 0 Å². The van der Waals surface area contributed by atoms with Crippen molar-refractivity contribution in [3.63, 3.8) is 0 Å². The number of hydrogen-bond donors (Lipinski definition) is 0. The van der Waals surface area contributed by atoms with Gasteiger partial charge in [0.05, 0.1) is 4.88 Å². The lowest BCUT2D eigenvalue weighted by Gasteiger charge is -1.94. The molecule has 0 aliphatic rings. The summed E-state index contributed by atoms with van der Waals surface area (Å²) in [7, 11) is 0. The Kier molecular flexibility index (Phi) is 3.34. The highest BCUT2D eigenvalue weighted by molar-refractivity contribution is 7.27. The molecule has 0 saturated heterocycles. The van der Waals surface area contributed by atoms with Crippen LogP contribution in [0.3, 0.4) is 0 Å². The Hall–Kier alpha value is -0.930. The molecule has 3 heteroatoms. The molecule has 0 amide bonds. The Bertz CT molecular complexity index is 450. The van der Waals surface area contributed by atoms with E-state index in [-0.39, 0.29) is 5.78 Å². The van der Waals surface area contributed by atoms with Gasteiger partial charge >= 0.3 is 0 Å². The van der Waals surface area contributed by atoms with Crippen LogP contribution in [-0.4, -0.2) is 5.78 Å². The number of fused-ring (bicyclic) bond motifs is 1. The van der Waals surface area contributed by atoms with Gasteiger partial charge in [-0.1, -0.05) is 6.08 Å².